The molecule has 2 amide bonds. The predicted molar refractivity (Wildman–Crippen MR) is 208 cm³/mol. The number of unbranched alkanes of at least 4 members (excludes halogenated alkanes) is 4. The van der Waals surface area contributed by atoms with Gasteiger partial charge in [0.1, 0.15) is 0 Å². The van der Waals surface area contributed by atoms with E-state index in [1.165, 1.54) is 64.2 Å². The minimum absolute atomic E-state index is 0.122. The van der Waals surface area contributed by atoms with Gasteiger partial charge in [0.25, 0.3) is 0 Å². The molecule has 0 heterocycles. The van der Waals surface area contributed by atoms with Gasteiger partial charge < -0.3 is 20.1 Å². The summed E-state index contributed by atoms with van der Waals surface area (Å²) in [5.41, 5.74) is 2.88. The lowest BCUT2D eigenvalue weighted by atomic mass is 9.84. The van der Waals surface area contributed by atoms with E-state index in [1.807, 2.05) is 36.4 Å². The molecule has 2 aliphatic carbocycles. The van der Waals surface area contributed by atoms with Crippen LogP contribution in [0.5, 0.6) is 0 Å². The van der Waals surface area contributed by atoms with Crippen LogP contribution in [-0.2, 0) is 19.1 Å². The fraction of sp³-hybridized carbons (Fsp3) is 0.591. The summed E-state index contributed by atoms with van der Waals surface area (Å²) >= 11 is 0. The first-order chi connectivity index (χ1) is 25.3. The molecule has 0 radical (unpaired) electrons. The molecule has 8 heteroatoms. The smallest absolute Gasteiger partial charge is 0.338 e. The third-order valence-corrected chi connectivity index (χ3v) is 10.8. The quantitative estimate of drug-likeness (QED) is 0.0803. The number of hydrogen-bond donors (Lipinski definition) is 2. The number of rotatable bonds is 20. The lowest BCUT2D eigenvalue weighted by Crippen LogP contribution is -2.38. The van der Waals surface area contributed by atoms with Crippen LogP contribution in [0.3, 0.4) is 0 Å². The van der Waals surface area contributed by atoms with Crippen LogP contribution in [-0.4, -0.2) is 49.1 Å². The van der Waals surface area contributed by atoms with E-state index in [2.05, 4.69) is 24.5 Å². The summed E-state index contributed by atoms with van der Waals surface area (Å²) in [5.74, 6) is 0.769. The third kappa shape index (κ3) is 15.0. The fourth-order valence-corrected chi connectivity index (χ4v) is 7.43. The Labute approximate surface area is 311 Å². The van der Waals surface area contributed by atoms with Crippen LogP contribution in [0.25, 0.3) is 12.2 Å². The van der Waals surface area contributed by atoms with E-state index < -0.39 is 0 Å². The van der Waals surface area contributed by atoms with Crippen LogP contribution >= 0.6 is 0 Å². The van der Waals surface area contributed by atoms with Gasteiger partial charge in [0, 0.05) is 24.9 Å². The number of benzene rings is 2. The van der Waals surface area contributed by atoms with E-state index in [0.717, 1.165) is 49.7 Å². The molecule has 0 bridgehead atoms. The van der Waals surface area contributed by atoms with E-state index in [-0.39, 0.29) is 35.8 Å². The lowest BCUT2D eigenvalue weighted by Gasteiger charge is -2.28. The fourth-order valence-electron chi connectivity index (χ4n) is 7.43. The summed E-state index contributed by atoms with van der Waals surface area (Å²) in [6, 6.07) is 15.0. The molecule has 0 aliphatic heterocycles. The van der Waals surface area contributed by atoms with E-state index in [9.17, 15) is 19.2 Å². The van der Waals surface area contributed by atoms with Gasteiger partial charge in [-0.3, -0.25) is 9.59 Å². The Bertz CT molecular complexity index is 1300. The second-order valence-corrected chi connectivity index (χ2v) is 15.0. The van der Waals surface area contributed by atoms with Gasteiger partial charge in [0.15, 0.2) is 0 Å². The number of carbonyl (C=O) groups excluding carboxylic acids is 4. The Balaban J connectivity index is 1.04. The largest absolute Gasteiger partial charge is 0.462 e. The average molecular weight is 715 g/mol. The number of esters is 2. The number of carbonyl (C=O) groups is 4. The molecule has 52 heavy (non-hydrogen) atoms. The molecule has 8 nitrogen and oxygen atoms in total. The first-order valence-electron chi connectivity index (χ1n) is 20.1. The molecular formula is C44H62N2O6. The molecule has 2 atom stereocenters. The monoisotopic (exact) mass is 714 g/mol. The van der Waals surface area contributed by atoms with Gasteiger partial charge in [-0.05, 0) is 125 Å². The van der Waals surface area contributed by atoms with Crippen molar-refractivity contribution in [3.8, 4) is 0 Å². The van der Waals surface area contributed by atoms with Crippen LogP contribution in [0, 0.1) is 11.8 Å². The Morgan fingerprint density at radius 3 is 1.29 bits per heavy atom. The van der Waals surface area contributed by atoms with Gasteiger partial charge in [-0.25, -0.2) is 9.59 Å². The van der Waals surface area contributed by atoms with Crippen LogP contribution < -0.4 is 10.6 Å². The van der Waals surface area contributed by atoms with E-state index in [1.54, 1.807) is 24.3 Å². The molecule has 2 aliphatic rings. The molecule has 2 saturated carbocycles. The molecule has 0 spiro atoms. The molecule has 4 rings (SSSR count). The molecule has 2 aromatic carbocycles. The van der Waals surface area contributed by atoms with Crippen molar-refractivity contribution in [1.29, 1.82) is 0 Å². The molecule has 0 aromatic heterocycles. The van der Waals surface area contributed by atoms with Crippen molar-refractivity contribution >= 4 is 35.9 Å². The summed E-state index contributed by atoms with van der Waals surface area (Å²) in [6.45, 7) is 4.93. The van der Waals surface area contributed by atoms with Gasteiger partial charge in [-0.1, -0.05) is 74.9 Å². The first kappa shape index (κ1) is 40.8. The van der Waals surface area contributed by atoms with Crippen LogP contribution in [0.4, 0.5) is 0 Å². The SMILES string of the molecule is C[C@H](NC(=O)CCCCCOC(=O)c1ccc(/C=C/c2ccc(C(=O)OCCCCCC(=O)N[C@@H](C)C3CCCCC3)cc2)cc1)C1CCCCC1. The Morgan fingerprint density at radius 1 is 0.558 bits per heavy atom. The van der Waals surface area contributed by atoms with E-state index >= 15 is 0 Å². The molecular weight excluding hydrogens is 652 g/mol. The van der Waals surface area contributed by atoms with Gasteiger partial charge in [0.05, 0.1) is 24.3 Å². The molecule has 0 saturated heterocycles. The second-order valence-electron chi connectivity index (χ2n) is 15.0. The number of hydrogen-bond acceptors (Lipinski definition) is 6. The van der Waals surface area contributed by atoms with Crippen LogP contribution in [0.1, 0.15) is 161 Å². The maximum atomic E-state index is 12.5. The highest BCUT2D eigenvalue weighted by atomic mass is 16.5. The summed E-state index contributed by atoms with van der Waals surface area (Å²) in [6.07, 6.45) is 22.2. The zero-order valence-corrected chi connectivity index (χ0v) is 31.7. The molecule has 284 valence electrons. The Kier molecular flexibility index (Phi) is 18.0. The van der Waals surface area contributed by atoms with E-state index in [4.69, 9.17) is 9.47 Å². The molecule has 2 N–H and O–H groups in total. The van der Waals surface area contributed by atoms with Crippen LogP contribution in [0.2, 0.25) is 0 Å². The zero-order valence-electron chi connectivity index (χ0n) is 31.7. The van der Waals surface area contributed by atoms with Crippen molar-refractivity contribution in [1.82, 2.24) is 10.6 Å². The van der Waals surface area contributed by atoms with Gasteiger partial charge in [-0.2, -0.15) is 0 Å². The normalized spacial score (nSPS) is 16.6. The zero-order chi connectivity index (χ0) is 37.0. The van der Waals surface area contributed by atoms with Crippen molar-refractivity contribution < 1.29 is 28.7 Å². The van der Waals surface area contributed by atoms with Crippen molar-refractivity contribution in [3.63, 3.8) is 0 Å². The Morgan fingerprint density at radius 2 is 0.923 bits per heavy atom. The highest BCUT2D eigenvalue weighted by molar-refractivity contribution is 5.90. The highest BCUT2D eigenvalue weighted by Crippen LogP contribution is 2.27. The number of nitrogens with one attached hydrogen (secondary N) is 2. The average Bonchev–Trinajstić information content (AvgIpc) is 3.17. The highest BCUT2D eigenvalue weighted by Gasteiger charge is 2.22. The van der Waals surface area contributed by atoms with Crippen molar-refractivity contribution in [2.24, 2.45) is 11.8 Å². The second kappa shape index (κ2) is 22.9. The molecule has 2 aromatic rings. The topological polar surface area (TPSA) is 111 Å². The number of ether oxygens (including phenoxy) is 2. The minimum atomic E-state index is -0.348. The van der Waals surface area contributed by atoms with Gasteiger partial charge in [-0.15, -0.1) is 0 Å². The summed E-state index contributed by atoms with van der Waals surface area (Å²) in [5, 5.41) is 6.35. The minimum Gasteiger partial charge on any atom is -0.462 e. The molecule has 2 fully saturated rings. The lowest BCUT2D eigenvalue weighted by molar-refractivity contribution is -0.123. The van der Waals surface area contributed by atoms with Gasteiger partial charge in [0.2, 0.25) is 11.8 Å². The summed E-state index contributed by atoms with van der Waals surface area (Å²) in [4.78, 5) is 49.6. The van der Waals surface area contributed by atoms with Crippen molar-refractivity contribution in [2.75, 3.05) is 13.2 Å². The Hall–Kier alpha value is -3.94. The van der Waals surface area contributed by atoms with Gasteiger partial charge >= 0.3 is 11.9 Å². The number of amides is 2. The van der Waals surface area contributed by atoms with Crippen molar-refractivity contribution in [3.05, 3.63) is 70.8 Å². The maximum absolute atomic E-state index is 12.5. The standard InChI is InChI=1S/C44H62N2O6/c1-33(37-15-7-3-8-16-37)45-41(47)19-11-5-13-31-51-43(49)39-27-23-35(24-28-39)21-22-36-25-29-40(30-26-36)44(50)52-32-14-6-12-20-42(48)46-34(2)38-17-9-4-10-18-38/h21-30,33-34,37-38H,3-20,31-32H2,1-2H3,(H,45,47)(H,46,48)/b22-21+/t33-,34-/m0/s1. The predicted octanol–water partition coefficient (Wildman–Crippen LogP) is 9.46. The molecule has 0 unspecified atom stereocenters. The van der Waals surface area contributed by atoms with Crippen molar-refractivity contribution in [2.45, 2.75) is 142 Å². The maximum Gasteiger partial charge on any atom is 0.338 e. The third-order valence-electron chi connectivity index (χ3n) is 10.8. The summed E-state index contributed by atoms with van der Waals surface area (Å²) < 4.78 is 10.9. The first-order valence-corrected chi connectivity index (χ1v) is 20.1. The van der Waals surface area contributed by atoms with Crippen LogP contribution in [0.15, 0.2) is 48.5 Å². The van der Waals surface area contributed by atoms with E-state index in [0.29, 0.717) is 49.0 Å². The summed E-state index contributed by atoms with van der Waals surface area (Å²) in [7, 11) is 0.